The molecule has 0 spiro atoms. The highest BCUT2D eigenvalue weighted by molar-refractivity contribution is 5.89. The predicted octanol–water partition coefficient (Wildman–Crippen LogP) is 6.09. The van der Waals surface area contributed by atoms with Gasteiger partial charge in [-0.25, -0.2) is 0 Å². The number of hydrogen-bond donors (Lipinski definition) is 0. The molecular weight excluding hydrogens is 244 g/mol. The fourth-order valence-electron chi connectivity index (χ4n) is 2.26. The molecule has 0 bridgehead atoms. The van der Waals surface area contributed by atoms with Crippen LogP contribution in [0.4, 0.5) is 11.4 Å². The number of benzene rings is 1. The lowest BCUT2D eigenvalue weighted by atomic mass is 10.1. The van der Waals surface area contributed by atoms with Crippen LogP contribution in [-0.2, 0) is 0 Å². The third kappa shape index (κ3) is 4.03. The van der Waals surface area contributed by atoms with Crippen LogP contribution in [0.3, 0.4) is 0 Å². The lowest BCUT2D eigenvalue weighted by Gasteiger charge is -2.11. The van der Waals surface area contributed by atoms with E-state index in [1.54, 1.807) is 0 Å². The first-order valence-corrected chi connectivity index (χ1v) is 7.80. The molecule has 0 saturated carbocycles. The van der Waals surface area contributed by atoms with Gasteiger partial charge in [-0.15, -0.1) is 0 Å². The second-order valence-corrected chi connectivity index (χ2v) is 5.15. The summed E-state index contributed by atoms with van der Waals surface area (Å²) >= 11 is 0. The lowest BCUT2D eigenvalue weighted by Crippen LogP contribution is -1.95. The maximum atomic E-state index is 4.86. The van der Waals surface area contributed by atoms with Crippen molar-refractivity contribution in [3.63, 3.8) is 0 Å². The second kappa shape index (κ2) is 7.98. The largest absolute Gasteiger partial charge is 0.258 e. The van der Waals surface area contributed by atoms with E-state index in [1.807, 2.05) is 0 Å². The summed E-state index contributed by atoms with van der Waals surface area (Å²) < 4.78 is 0. The van der Waals surface area contributed by atoms with Gasteiger partial charge in [-0.3, -0.25) is 9.98 Å². The number of aryl methyl sites for hydroxylation is 1. The van der Waals surface area contributed by atoms with Gasteiger partial charge in [0.1, 0.15) is 0 Å². The van der Waals surface area contributed by atoms with Gasteiger partial charge < -0.3 is 0 Å². The van der Waals surface area contributed by atoms with E-state index in [-0.39, 0.29) is 0 Å². The van der Waals surface area contributed by atoms with Gasteiger partial charge in [-0.1, -0.05) is 33.8 Å². The van der Waals surface area contributed by atoms with Crippen molar-refractivity contribution in [1.82, 2.24) is 0 Å². The van der Waals surface area contributed by atoms with Gasteiger partial charge in [0.25, 0.3) is 0 Å². The molecule has 0 heterocycles. The Bertz CT molecular complexity index is 498. The van der Waals surface area contributed by atoms with Gasteiger partial charge in [-0.05, 0) is 51.2 Å². The molecule has 0 unspecified atom stereocenters. The maximum absolute atomic E-state index is 4.86. The zero-order valence-electron chi connectivity index (χ0n) is 13.9. The first kappa shape index (κ1) is 16.6. The Labute approximate surface area is 124 Å². The molecule has 0 aromatic heterocycles. The summed E-state index contributed by atoms with van der Waals surface area (Å²) in [6, 6.07) is 4.25. The minimum absolute atomic E-state index is 1.01. The van der Waals surface area contributed by atoms with E-state index in [1.165, 1.54) is 22.6 Å². The first-order chi connectivity index (χ1) is 9.57. The van der Waals surface area contributed by atoms with Crippen LogP contribution in [0, 0.1) is 13.8 Å². The summed E-state index contributed by atoms with van der Waals surface area (Å²) in [7, 11) is 0. The van der Waals surface area contributed by atoms with Gasteiger partial charge in [0.15, 0.2) is 0 Å². The molecule has 0 atom stereocenters. The summed E-state index contributed by atoms with van der Waals surface area (Å²) in [5.41, 5.74) is 7.11. The van der Waals surface area contributed by atoms with Crippen LogP contribution < -0.4 is 0 Å². The number of rotatable bonds is 6. The number of aliphatic imine (C=N–C) groups is 2. The summed E-state index contributed by atoms with van der Waals surface area (Å²) in [5.74, 6) is 0. The van der Waals surface area contributed by atoms with Gasteiger partial charge >= 0.3 is 0 Å². The standard InChI is InChI=1S/C18H28N2/c1-7-15(8-2)19-17-12-11-13(5)18(14(17)6)20-16(9-3)10-4/h11-12H,7-10H2,1-6H3. The number of nitrogens with zero attached hydrogens (tertiary/aromatic N) is 2. The molecule has 0 aliphatic rings. The highest BCUT2D eigenvalue weighted by atomic mass is 14.8. The van der Waals surface area contributed by atoms with Crippen molar-refractivity contribution in [2.75, 3.05) is 0 Å². The second-order valence-electron chi connectivity index (χ2n) is 5.15. The molecule has 1 aromatic rings. The van der Waals surface area contributed by atoms with Gasteiger partial charge in [0, 0.05) is 17.0 Å². The average Bonchev–Trinajstić information content (AvgIpc) is 2.47. The molecule has 2 nitrogen and oxygen atoms in total. The number of hydrogen-bond acceptors (Lipinski definition) is 2. The summed E-state index contributed by atoms with van der Waals surface area (Å²) in [5, 5.41) is 0. The third-order valence-corrected chi connectivity index (χ3v) is 3.79. The van der Waals surface area contributed by atoms with E-state index < -0.39 is 0 Å². The van der Waals surface area contributed by atoms with Crippen molar-refractivity contribution in [3.8, 4) is 0 Å². The zero-order valence-corrected chi connectivity index (χ0v) is 13.9. The Morgan fingerprint density at radius 2 is 1.30 bits per heavy atom. The summed E-state index contributed by atoms with van der Waals surface area (Å²) in [6.45, 7) is 12.9. The van der Waals surface area contributed by atoms with Crippen molar-refractivity contribution in [2.45, 2.75) is 67.2 Å². The monoisotopic (exact) mass is 272 g/mol. The molecule has 0 saturated heterocycles. The molecule has 20 heavy (non-hydrogen) atoms. The third-order valence-electron chi connectivity index (χ3n) is 3.79. The van der Waals surface area contributed by atoms with Gasteiger partial charge in [-0.2, -0.15) is 0 Å². The highest BCUT2D eigenvalue weighted by Crippen LogP contribution is 2.32. The molecule has 0 radical (unpaired) electrons. The van der Waals surface area contributed by atoms with Crippen LogP contribution in [0.1, 0.15) is 64.5 Å². The van der Waals surface area contributed by atoms with Crippen molar-refractivity contribution in [3.05, 3.63) is 23.3 Å². The molecule has 1 rings (SSSR count). The van der Waals surface area contributed by atoms with Crippen LogP contribution in [0.2, 0.25) is 0 Å². The first-order valence-electron chi connectivity index (χ1n) is 7.80. The van der Waals surface area contributed by atoms with Crippen LogP contribution in [0.15, 0.2) is 22.1 Å². The fourth-order valence-corrected chi connectivity index (χ4v) is 2.26. The highest BCUT2D eigenvalue weighted by Gasteiger charge is 2.08. The average molecular weight is 272 g/mol. The molecule has 0 aliphatic carbocycles. The predicted molar refractivity (Wildman–Crippen MR) is 91.3 cm³/mol. The molecule has 0 N–H and O–H groups in total. The molecule has 0 aliphatic heterocycles. The van der Waals surface area contributed by atoms with Crippen molar-refractivity contribution < 1.29 is 0 Å². The van der Waals surface area contributed by atoms with E-state index >= 15 is 0 Å². The Morgan fingerprint density at radius 3 is 1.80 bits per heavy atom. The Hall–Kier alpha value is -1.44. The topological polar surface area (TPSA) is 24.7 Å². The Kier molecular flexibility index (Phi) is 6.63. The smallest absolute Gasteiger partial charge is 0.0708 e. The van der Waals surface area contributed by atoms with E-state index in [9.17, 15) is 0 Å². The molecule has 2 heteroatoms. The Morgan fingerprint density at radius 1 is 0.800 bits per heavy atom. The van der Waals surface area contributed by atoms with Gasteiger partial charge in [0.05, 0.1) is 11.4 Å². The van der Waals surface area contributed by atoms with E-state index in [2.05, 4.69) is 53.7 Å². The van der Waals surface area contributed by atoms with Crippen molar-refractivity contribution in [1.29, 1.82) is 0 Å². The van der Waals surface area contributed by atoms with Gasteiger partial charge in [0.2, 0.25) is 0 Å². The lowest BCUT2D eigenvalue weighted by molar-refractivity contribution is 1.13. The van der Waals surface area contributed by atoms with Crippen molar-refractivity contribution in [2.24, 2.45) is 9.98 Å². The van der Waals surface area contributed by atoms with Crippen LogP contribution in [-0.4, -0.2) is 11.4 Å². The molecule has 110 valence electrons. The molecule has 0 amide bonds. The molecule has 0 fully saturated rings. The minimum atomic E-state index is 1.01. The Balaban J connectivity index is 3.33. The van der Waals surface area contributed by atoms with E-state index in [0.29, 0.717) is 0 Å². The molecular formula is C18H28N2. The van der Waals surface area contributed by atoms with E-state index in [4.69, 9.17) is 9.98 Å². The van der Waals surface area contributed by atoms with Crippen LogP contribution >= 0.6 is 0 Å². The quantitative estimate of drug-likeness (QED) is 0.560. The van der Waals surface area contributed by atoms with Crippen LogP contribution in [0.25, 0.3) is 0 Å². The van der Waals surface area contributed by atoms with Crippen LogP contribution in [0.5, 0.6) is 0 Å². The molecule has 1 aromatic carbocycles. The minimum Gasteiger partial charge on any atom is -0.258 e. The van der Waals surface area contributed by atoms with E-state index in [0.717, 1.165) is 37.1 Å². The SMILES string of the molecule is CCC(CC)=Nc1ccc(C)c(N=C(CC)CC)c1C. The zero-order chi connectivity index (χ0) is 15.1. The summed E-state index contributed by atoms with van der Waals surface area (Å²) in [4.78, 5) is 9.66. The normalized spacial score (nSPS) is 10.3. The maximum Gasteiger partial charge on any atom is 0.0708 e. The summed E-state index contributed by atoms with van der Waals surface area (Å²) in [6.07, 6.45) is 4.05. The van der Waals surface area contributed by atoms with Crippen molar-refractivity contribution >= 4 is 22.8 Å². The fraction of sp³-hybridized carbons (Fsp3) is 0.556.